The lowest BCUT2D eigenvalue weighted by molar-refractivity contribution is 0.0746. The Morgan fingerprint density at radius 3 is 2.50 bits per heavy atom. The van der Waals surface area contributed by atoms with Crippen molar-refractivity contribution >= 4 is 15.7 Å². The van der Waals surface area contributed by atoms with Crippen LogP contribution in [0.2, 0.25) is 0 Å². The first-order valence-electron chi connectivity index (χ1n) is 6.04. The van der Waals surface area contributed by atoms with Gasteiger partial charge in [0.15, 0.2) is 0 Å². The van der Waals surface area contributed by atoms with Crippen LogP contribution in [0.4, 0.5) is 5.69 Å². The molecule has 0 heterocycles. The number of hydrogen-bond donors (Lipinski definition) is 3. The van der Waals surface area contributed by atoms with E-state index >= 15 is 0 Å². The molecule has 0 amide bonds. The molecule has 1 aromatic rings. The van der Waals surface area contributed by atoms with Gasteiger partial charge in [-0.2, -0.15) is 5.26 Å². The molecule has 4 N–H and O–H groups in total. The zero-order valence-electron chi connectivity index (χ0n) is 11.7. The highest BCUT2D eigenvalue weighted by molar-refractivity contribution is 7.89. The first-order chi connectivity index (χ1) is 9.05. The van der Waals surface area contributed by atoms with Crippen LogP contribution in [0, 0.1) is 16.7 Å². The molecule has 1 aromatic carbocycles. The normalized spacial score (nSPS) is 13.6. The minimum Gasteiger partial charge on any atom is -0.391 e. The lowest BCUT2D eigenvalue weighted by atomic mass is 9.89. The van der Waals surface area contributed by atoms with Crippen LogP contribution in [0.1, 0.15) is 26.3 Å². The molecule has 1 unspecified atom stereocenters. The van der Waals surface area contributed by atoms with E-state index in [1.54, 1.807) is 0 Å². The summed E-state index contributed by atoms with van der Waals surface area (Å²) in [7, 11) is -3.83. The molecule has 0 aliphatic carbocycles. The van der Waals surface area contributed by atoms with E-state index in [1.807, 2.05) is 26.8 Å². The minimum atomic E-state index is -3.83. The van der Waals surface area contributed by atoms with Crippen LogP contribution in [0.3, 0.4) is 0 Å². The van der Waals surface area contributed by atoms with E-state index in [4.69, 9.17) is 10.4 Å². The van der Waals surface area contributed by atoms with Gasteiger partial charge in [-0.3, -0.25) is 0 Å². The number of nitrogens with zero attached hydrogens (tertiary/aromatic N) is 1. The Hall–Kier alpha value is -1.62. The summed E-state index contributed by atoms with van der Waals surface area (Å²) in [5.41, 5.74) is 0.334. The third-order valence-electron chi connectivity index (χ3n) is 2.93. The van der Waals surface area contributed by atoms with Gasteiger partial charge in [0.2, 0.25) is 10.0 Å². The van der Waals surface area contributed by atoms with E-state index in [-0.39, 0.29) is 22.4 Å². The Balaban J connectivity index is 2.96. The highest BCUT2D eigenvalue weighted by Crippen LogP contribution is 2.22. The Morgan fingerprint density at radius 1 is 1.45 bits per heavy atom. The minimum absolute atomic E-state index is 0.115. The molecule has 7 heteroatoms. The Morgan fingerprint density at radius 2 is 2.05 bits per heavy atom. The van der Waals surface area contributed by atoms with Crippen molar-refractivity contribution in [3.8, 4) is 6.07 Å². The second kappa shape index (κ2) is 5.79. The van der Waals surface area contributed by atoms with E-state index in [9.17, 15) is 13.5 Å². The topological polar surface area (TPSA) is 116 Å². The molecule has 0 saturated heterocycles. The fourth-order valence-corrected chi connectivity index (χ4v) is 2.00. The van der Waals surface area contributed by atoms with Gasteiger partial charge in [-0.05, 0) is 23.6 Å². The van der Waals surface area contributed by atoms with Crippen molar-refractivity contribution in [2.45, 2.75) is 31.8 Å². The number of rotatable bonds is 4. The van der Waals surface area contributed by atoms with Crippen molar-refractivity contribution in [3.63, 3.8) is 0 Å². The van der Waals surface area contributed by atoms with E-state index in [1.165, 1.54) is 18.2 Å². The molecule has 6 nitrogen and oxygen atoms in total. The predicted octanol–water partition coefficient (Wildman–Crippen LogP) is 1.02. The smallest absolute Gasteiger partial charge is 0.238 e. The average molecular weight is 297 g/mol. The van der Waals surface area contributed by atoms with Crippen molar-refractivity contribution in [2.24, 2.45) is 10.6 Å². The molecule has 20 heavy (non-hydrogen) atoms. The number of nitrogens with one attached hydrogen (secondary N) is 1. The quantitative estimate of drug-likeness (QED) is 0.767. The van der Waals surface area contributed by atoms with Gasteiger partial charge in [-0.1, -0.05) is 20.8 Å². The number of aliphatic hydroxyl groups excluding tert-OH is 1. The van der Waals surface area contributed by atoms with Gasteiger partial charge in [-0.25, -0.2) is 13.6 Å². The Bertz CT molecular complexity index is 627. The molecule has 0 spiro atoms. The number of nitriles is 1. The van der Waals surface area contributed by atoms with Crippen LogP contribution >= 0.6 is 0 Å². The van der Waals surface area contributed by atoms with Crippen molar-refractivity contribution in [2.75, 3.05) is 11.9 Å². The zero-order valence-corrected chi connectivity index (χ0v) is 12.5. The number of aliphatic hydroxyl groups is 1. The van der Waals surface area contributed by atoms with Crippen molar-refractivity contribution in [1.82, 2.24) is 0 Å². The number of hydrogen-bond acceptors (Lipinski definition) is 5. The molecule has 0 bridgehead atoms. The third kappa shape index (κ3) is 4.20. The van der Waals surface area contributed by atoms with E-state index in [2.05, 4.69) is 5.32 Å². The van der Waals surface area contributed by atoms with Gasteiger partial charge >= 0.3 is 0 Å². The summed E-state index contributed by atoms with van der Waals surface area (Å²) in [5, 5.41) is 26.9. The third-order valence-corrected chi connectivity index (χ3v) is 3.84. The van der Waals surface area contributed by atoms with Crippen molar-refractivity contribution in [3.05, 3.63) is 23.8 Å². The van der Waals surface area contributed by atoms with Crippen LogP contribution in [-0.4, -0.2) is 26.2 Å². The Labute approximate surface area is 119 Å². The molecule has 110 valence electrons. The largest absolute Gasteiger partial charge is 0.391 e. The molecule has 1 rings (SSSR count). The summed E-state index contributed by atoms with van der Waals surface area (Å²) in [6.07, 6.45) is -0.605. The summed E-state index contributed by atoms with van der Waals surface area (Å²) in [5.74, 6) is 0. The summed E-state index contributed by atoms with van der Waals surface area (Å²) < 4.78 is 22.4. The maximum absolute atomic E-state index is 11.2. The molecule has 0 radical (unpaired) electrons. The SMILES string of the molecule is CC(C)(C)C(O)CNc1ccc(S(N)(=O)=O)cc1C#N. The Kier molecular flexibility index (Phi) is 4.76. The number of primary sulfonamides is 1. The molecule has 0 aliphatic heterocycles. The molecule has 0 aromatic heterocycles. The van der Waals surface area contributed by atoms with Crippen molar-refractivity contribution in [1.29, 1.82) is 5.26 Å². The lowest BCUT2D eigenvalue weighted by Gasteiger charge is -2.26. The summed E-state index contributed by atoms with van der Waals surface area (Å²) in [6.45, 7) is 5.95. The maximum Gasteiger partial charge on any atom is 0.238 e. The molecule has 0 saturated carbocycles. The van der Waals surface area contributed by atoms with Crippen LogP contribution in [0.25, 0.3) is 0 Å². The molecule has 0 fully saturated rings. The fraction of sp³-hybridized carbons (Fsp3) is 0.462. The molecular weight excluding hydrogens is 278 g/mol. The number of sulfonamides is 1. The van der Waals surface area contributed by atoms with Gasteiger partial charge in [0, 0.05) is 6.54 Å². The zero-order chi connectivity index (χ0) is 15.6. The first-order valence-corrected chi connectivity index (χ1v) is 7.59. The van der Waals surface area contributed by atoms with E-state index in [0.29, 0.717) is 5.69 Å². The van der Waals surface area contributed by atoms with Crippen LogP contribution < -0.4 is 10.5 Å². The average Bonchev–Trinajstić information content (AvgIpc) is 2.33. The van der Waals surface area contributed by atoms with Gasteiger partial charge in [0.1, 0.15) is 6.07 Å². The van der Waals surface area contributed by atoms with Gasteiger partial charge in [0.25, 0.3) is 0 Å². The fourth-order valence-electron chi connectivity index (χ4n) is 1.46. The monoisotopic (exact) mass is 297 g/mol. The summed E-state index contributed by atoms with van der Waals surface area (Å²) in [6, 6.07) is 5.90. The number of nitrogens with two attached hydrogens (primary N) is 1. The van der Waals surface area contributed by atoms with Crippen LogP contribution in [0.5, 0.6) is 0 Å². The van der Waals surface area contributed by atoms with Gasteiger partial charge in [-0.15, -0.1) is 0 Å². The first kappa shape index (κ1) is 16.4. The lowest BCUT2D eigenvalue weighted by Crippen LogP contribution is -2.33. The number of benzene rings is 1. The van der Waals surface area contributed by atoms with Crippen LogP contribution in [0.15, 0.2) is 23.1 Å². The highest BCUT2D eigenvalue weighted by atomic mass is 32.2. The number of anilines is 1. The second-order valence-corrected chi connectivity index (χ2v) is 7.19. The van der Waals surface area contributed by atoms with E-state index < -0.39 is 16.1 Å². The predicted molar refractivity (Wildman–Crippen MR) is 76.5 cm³/mol. The van der Waals surface area contributed by atoms with Crippen LogP contribution in [-0.2, 0) is 10.0 Å². The van der Waals surface area contributed by atoms with Gasteiger partial charge < -0.3 is 10.4 Å². The van der Waals surface area contributed by atoms with E-state index in [0.717, 1.165) is 0 Å². The standard InChI is InChI=1S/C13H19N3O3S/c1-13(2,3)12(17)8-16-11-5-4-10(20(15,18)19)6-9(11)7-14/h4-6,12,16-17H,8H2,1-3H3,(H2,15,18,19). The maximum atomic E-state index is 11.2. The molecular formula is C13H19N3O3S. The summed E-state index contributed by atoms with van der Waals surface area (Å²) in [4.78, 5) is -0.115. The summed E-state index contributed by atoms with van der Waals surface area (Å²) >= 11 is 0. The second-order valence-electron chi connectivity index (χ2n) is 5.63. The highest BCUT2D eigenvalue weighted by Gasteiger charge is 2.22. The van der Waals surface area contributed by atoms with Gasteiger partial charge in [0.05, 0.1) is 22.3 Å². The molecule has 0 aliphatic rings. The van der Waals surface area contributed by atoms with Crippen molar-refractivity contribution < 1.29 is 13.5 Å². The molecule has 1 atom stereocenters.